The predicted octanol–water partition coefficient (Wildman–Crippen LogP) is 25.6. The second kappa shape index (κ2) is 20.0. The molecule has 0 radical (unpaired) electrons. The average Bonchev–Trinajstić information content (AvgIpc) is 1.51. The van der Waals surface area contributed by atoms with E-state index in [1.165, 1.54) is 118 Å². The van der Waals surface area contributed by atoms with Crippen molar-refractivity contribution >= 4 is 217 Å². The van der Waals surface area contributed by atoms with Crippen molar-refractivity contribution in [2.45, 2.75) is 0 Å². The smallest absolute Gasteiger partial charge is 0.236 e. The van der Waals surface area contributed by atoms with Gasteiger partial charge in [-0.1, -0.05) is 212 Å². The van der Waals surface area contributed by atoms with Gasteiger partial charge in [0.2, 0.25) is 11.9 Å². The first kappa shape index (κ1) is 55.6. The summed E-state index contributed by atoms with van der Waals surface area (Å²) in [6.07, 6.45) is 0. The molecule has 9 nitrogen and oxygen atoms in total. The standard InChI is InChI=1S/C96H50N8OS/c1-2-20-54-46-60(37-33-51(54)17-1)88-94-90(67-27-11-16-32-80(67)106-94)100-96(98-88)104-73-30-14-8-24-64(73)84-78(104)50-70-82-62-22-6-4-19-53(62)40-44-76(82)102-74-42-41-58(48-68(74)86(84)92(70)102)56-34-35-57-47-59(38-36-55(57)45-56)87-93-89(66-26-10-15-31-79(66)105-93)99-95(97-87)103-72-29-13-7-23-63(72)83-77(103)49-69-81-61-21-5-3-18-52(61)39-43-75(81)101-71-28-12-9-25-65(71)85(83)91(69)101/h1-50H. The zero-order valence-electron chi connectivity index (χ0n) is 56.3. The van der Waals surface area contributed by atoms with Crippen molar-refractivity contribution < 1.29 is 4.42 Å². The third-order valence-electron chi connectivity index (χ3n) is 23.4. The average molecular weight is 1360 g/mol. The maximum absolute atomic E-state index is 6.90. The minimum atomic E-state index is 0.581. The highest BCUT2D eigenvalue weighted by molar-refractivity contribution is 7.26. The lowest BCUT2D eigenvalue weighted by atomic mass is 9.96. The highest BCUT2D eigenvalue weighted by atomic mass is 32.1. The molecule has 0 bridgehead atoms. The van der Waals surface area contributed by atoms with Crippen LogP contribution in [0.5, 0.6) is 0 Å². The molecule has 16 aromatic carbocycles. The normalized spacial score (nSPS) is 12.7. The molecule has 0 N–H and O–H groups in total. The van der Waals surface area contributed by atoms with E-state index in [0.717, 1.165) is 115 Å². The quantitative estimate of drug-likeness (QED) is 0.171. The Labute approximate surface area is 603 Å². The summed E-state index contributed by atoms with van der Waals surface area (Å²) in [6.45, 7) is 0. The predicted molar refractivity (Wildman–Crippen MR) is 442 cm³/mol. The molecule has 0 aliphatic rings. The molecule has 486 valence electrons. The van der Waals surface area contributed by atoms with Crippen molar-refractivity contribution in [2.75, 3.05) is 0 Å². The van der Waals surface area contributed by atoms with Gasteiger partial charge in [-0.2, -0.15) is 0 Å². The Hall–Kier alpha value is -14.1. The number of fused-ring (bicyclic) bond motifs is 32. The maximum atomic E-state index is 6.90. The van der Waals surface area contributed by atoms with E-state index in [9.17, 15) is 0 Å². The fourth-order valence-corrected chi connectivity index (χ4v) is 20.0. The van der Waals surface area contributed by atoms with Crippen LogP contribution in [0.15, 0.2) is 308 Å². The molecule has 0 fully saturated rings. The topological polar surface area (TPSA) is 83.4 Å². The van der Waals surface area contributed by atoms with Gasteiger partial charge in [-0.3, -0.25) is 9.13 Å². The van der Waals surface area contributed by atoms with Crippen LogP contribution in [0.4, 0.5) is 0 Å². The van der Waals surface area contributed by atoms with Gasteiger partial charge >= 0.3 is 0 Å². The molecule has 10 aromatic heterocycles. The minimum Gasteiger partial charge on any atom is -0.452 e. The van der Waals surface area contributed by atoms with Gasteiger partial charge in [0.25, 0.3) is 0 Å². The van der Waals surface area contributed by atoms with E-state index >= 15 is 0 Å². The third-order valence-corrected chi connectivity index (χ3v) is 24.5. The molecule has 26 aromatic rings. The lowest BCUT2D eigenvalue weighted by molar-refractivity contribution is 0.666. The Bertz CT molecular complexity index is 8490. The molecule has 0 saturated heterocycles. The van der Waals surface area contributed by atoms with Crippen molar-refractivity contribution in [1.82, 2.24) is 37.9 Å². The molecular weight excluding hydrogens is 1310 g/mol. The fourth-order valence-electron chi connectivity index (χ4n) is 18.9. The van der Waals surface area contributed by atoms with Gasteiger partial charge in [0, 0.05) is 91.2 Å². The van der Waals surface area contributed by atoms with Crippen LogP contribution in [0.1, 0.15) is 0 Å². The first-order chi connectivity index (χ1) is 52.6. The van der Waals surface area contributed by atoms with Gasteiger partial charge in [-0.15, -0.1) is 11.3 Å². The largest absolute Gasteiger partial charge is 0.452 e. The monoisotopic (exact) mass is 1360 g/mol. The van der Waals surface area contributed by atoms with Crippen molar-refractivity contribution in [1.29, 1.82) is 0 Å². The Morgan fingerprint density at radius 1 is 0.255 bits per heavy atom. The second-order valence-corrected chi connectivity index (χ2v) is 29.8. The van der Waals surface area contributed by atoms with E-state index < -0.39 is 0 Å². The van der Waals surface area contributed by atoms with Crippen molar-refractivity contribution in [3.05, 3.63) is 303 Å². The van der Waals surface area contributed by atoms with Gasteiger partial charge in [0.1, 0.15) is 16.8 Å². The molecule has 0 amide bonds. The van der Waals surface area contributed by atoms with Crippen LogP contribution in [0.3, 0.4) is 0 Å². The molecule has 0 aliphatic heterocycles. The minimum absolute atomic E-state index is 0.581. The number of hydrogen-bond acceptors (Lipinski definition) is 6. The maximum Gasteiger partial charge on any atom is 0.236 e. The Morgan fingerprint density at radius 3 is 1.35 bits per heavy atom. The van der Waals surface area contributed by atoms with Crippen LogP contribution in [-0.4, -0.2) is 37.9 Å². The Balaban J connectivity index is 0.675. The van der Waals surface area contributed by atoms with Gasteiger partial charge in [0.15, 0.2) is 5.58 Å². The van der Waals surface area contributed by atoms with Crippen LogP contribution in [-0.2, 0) is 0 Å². The second-order valence-electron chi connectivity index (χ2n) is 28.7. The Kier molecular flexibility index (Phi) is 10.5. The zero-order valence-corrected chi connectivity index (χ0v) is 57.1. The van der Waals surface area contributed by atoms with E-state index in [-0.39, 0.29) is 0 Å². The van der Waals surface area contributed by atoms with Gasteiger partial charge < -0.3 is 13.2 Å². The lowest BCUT2D eigenvalue weighted by Gasteiger charge is -2.11. The number of nitrogens with zero attached hydrogens (tertiary/aromatic N) is 8. The molecular formula is C96H50N8OS. The number of benzene rings is 16. The third kappa shape index (κ3) is 7.13. The summed E-state index contributed by atoms with van der Waals surface area (Å²) < 4.78 is 18.8. The summed E-state index contributed by atoms with van der Waals surface area (Å²) in [5.41, 5.74) is 20.4. The van der Waals surface area contributed by atoms with Crippen LogP contribution < -0.4 is 0 Å². The molecule has 106 heavy (non-hydrogen) atoms. The van der Waals surface area contributed by atoms with E-state index in [1.807, 2.05) is 12.1 Å². The van der Waals surface area contributed by atoms with E-state index in [1.54, 1.807) is 11.3 Å². The number of furan rings is 1. The number of aromatic nitrogens is 8. The SMILES string of the molecule is c1ccc2cc(-c3nc(-n4c5ccccc5c5c6c7cc(-c8ccc9cc(-c%10nc(-n%11c%12ccccc%12c%12c%13c%14ccccc%14n%14c%15ccc%16ccccc%16c%15c(cc%12%11)c%13%14)nc%11c%10oc%10ccccc%10%11)ccc9c8)ccc7n7c8ccc9ccccc9c8c(cc54)c67)nc4c3sc3ccccc34)ccc2c1. The summed E-state index contributed by atoms with van der Waals surface area (Å²) in [4.78, 5) is 22.7. The highest BCUT2D eigenvalue weighted by Crippen LogP contribution is 2.52. The molecule has 0 aliphatic carbocycles. The summed E-state index contributed by atoms with van der Waals surface area (Å²) in [6, 6.07) is 111. The lowest BCUT2D eigenvalue weighted by Crippen LogP contribution is -2.03. The number of thiophene rings is 1. The molecule has 0 spiro atoms. The van der Waals surface area contributed by atoms with E-state index in [0.29, 0.717) is 17.5 Å². The van der Waals surface area contributed by atoms with Crippen LogP contribution in [0, 0.1) is 0 Å². The molecule has 10 heterocycles. The molecule has 0 unspecified atom stereocenters. The molecule has 26 rings (SSSR count). The van der Waals surface area contributed by atoms with Crippen molar-refractivity contribution in [2.24, 2.45) is 0 Å². The summed E-state index contributed by atoms with van der Waals surface area (Å²) in [7, 11) is 0. The summed E-state index contributed by atoms with van der Waals surface area (Å²) in [5.74, 6) is 1.22. The van der Waals surface area contributed by atoms with Crippen molar-refractivity contribution in [3.8, 4) is 45.5 Å². The Morgan fingerprint density at radius 2 is 0.689 bits per heavy atom. The summed E-state index contributed by atoms with van der Waals surface area (Å²) >= 11 is 1.77. The van der Waals surface area contributed by atoms with E-state index in [2.05, 4.69) is 309 Å². The number of para-hydroxylation sites is 4. The highest BCUT2D eigenvalue weighted by Gasteiger charge is 2.31. The number of rotatable bonds is 5. The van der Waals surface area contributed by atoms with Gasteiger partial charge in [-0.25, -0.2) is 19.9 Å². The first-order valence-corrected chi connectivity index (χ1v) is 36.9. The summed E-state index contributed by atoms with van der Waals surface area (Å²) in [5, 5.41) is 25.9. The van der Waals surface area contributed by atoms with Gasteiger partial charge in [-0.05, 0) is 145 Å². The van der Waals surface area contributed by atoms with Crippen molar-refractivity contribution in [3.63, 3.8) is 0 Å². The van der Waals surface area contributed by atoms with E-state index in [4.69, 9.17) is 24.4 Å². The number of hydrogen-bond donors (Lipinski definition) is 0. The van der Waals surface area contributed by atoms with Gasteiger partial charge in [0.05, 0.1) is 71.1 Å². The van der Waals surface area contributed by atoms with Crippen LogP contribution in [0.25, 0.3) is 251 Å². The van der Waals surface area contributed by atoms with Crippen LogP contribution >= 0.6 is 11.3 Å². The van der Waals surface area contributed by atoms with Crippen LogP contribution in [0.2, 0.25) is 0 Å². The zero-order chi connectivity index (χ0) is 68.5. The molecule has 0 atom stereocenters. The molecule has 10 heteroatoms. The first-order valence-electron chi connectivity index (χ1n) is 36.1. The fraction of sp³-hybridized carbons (Fsp3) is 0. The molecule has 0 saturated carbocycles.